The van der Waals surface area contributed by atoms with Crippen LogP contribution in [0.5, 0.6) is 0 Å². The molecular formula is C18H20BrF. The quantitative estimate of drug-likeness (QED) is 0.640. The summed E-state index contributed by atoms with van der Waals surface area (Å²) in [5, 5.41) is 0.871. The number of alkyl halides is 1. The van der Waals surface area contributed by atoms with E-state index in [1.165, 1.54) is 11.6 Å². The van der Waals surface area contributed by atoms with Crippen LogP contribution in [0.4, 0.5) is 4.39 Å². The van der Waals surface area contributed by atoms with E-state index in [0.717, 1.165) is 29.3 Å². The standard InChI is InChI=1S/C18H20BrF/c1-3-18(13-19,16-7-5-4-6-8-16)12-15-11-17(20)10-9-14(15)2/h4-11H,3,12-13H2,1-2H3. The normalized spacial score (nSPS) is 14.0. The molecule has 0 N–H and O–H groups in total. The molecule has 20 heavy (non-hydrogen) atoms. The van der Waals surface area contributed by atoms with Crippen molar-refractivity contribution in [3.05, 3.63) is 71.0 Å². The van der Waals surface area contributed by atoms with Gasteiger partial charge in [0.2, 0.25) is 0 Å². The van der Waals surface area contributed by atoms with E-state index in [1.807, 2.05) is 12.1 Å². The van der Waals surface area contributed by atoms with Crippen LogP contribution in [0.3, 0.4) is 0 Å². The molecule has 0 aliphatic heterocycles. The van der Waals surface area contributed by atoms with Crippen molar-refractivity contribution in [1.29, 1.82) is 0 Å². The highest BCUT2D eigenvalue weighted by atomic mass is 79.9. The zero-order chi connectivity index (χ0) is 14.6. The van der Waals surface area contributed by atoms with Crippen molar-refractivity contribution < 1.29 is 4.39 Å². The lowest BCUT2D eigenvalue weighted by molar-refractivity contribution is 0.462. The fraction of sp³-hybridized carbons (Fsp3) is 0.333. The summed E-state index contributed by atoms with van der Waals surface area (Å²) in [6, 6.07) is 15.6. The first-order valence-electron chi connectivity index (χ1n) is 6.98. The van der Waals surface area contributed by atoms with Gasteiger partial charge < -0.3 is 0 Å². The van der Waals surface area contributed by atoms with Crippen LogP contribution in [0.25, 0.3) is 0 Å². The van der Waals surface area contributed by atoms with Crippen molar-refractivity contribution in [2.45, 2.75) is 32.1 Å². The maximum atomic E-state index is 13.5. The lowest BCUT2D eigenvalue weighted by atomic mass is 9.74. The Kier molecular flexibility index (Phi) is 4.98. The molecule has 0 heterocycles. The van der Waals surface area contributed by atoms with Gasteiger partial charge in [0.15, 0.2) is 0 Å². The molecule has 106 valence electrons. The van der Waals surface area contributed by atoms with Gasteiger partial charge in [-0.3, -0.25) is 0 Å². The van der Waals surface area contributed by atoms with E-state index < -0.39 is 0 Å². The highest BCUT2D eigenvalue weighted by Gasteiger charge is 2.30. The van der Waals surface area contributed by atoms with Gasteiger partial charge in [0.1, 0.15) is 5.82 Å². The van der Waals surface area contributed by atoms with Gasteiger partial charge in [0.05, 0.1) is 0 Å². The lowest BCUT2D eigenvalue weighted by Crippen LogP contribution is -2.30. The average molecular weight is 335 g/mol. The first-order valence-corrected chi connectivity index (χ1v) is 8.10. The zero-order valence-electron chi connectivity index (χ0n) is 12.0. The molecule has 0 bridgehead atoms. The number of benzene rings is 2. The first-order chi connectivity index (χ1) is 9.61. The summed E-state index contributed by atoms with van der Waals surface area (Å²) in [4.78, 5) is 0. The summed E-state index contributed by atoms with van der Waals surface area (Å²) in [6.07, 6.45) is 1.86. The Morgan fingerprint density at radius 3 is 2.40 bits per heavy atom. The minimum atomic E-state index is -0.154. The summed E-state index contributed by atoms with van der Waals surface area (Å²) in [5.41, 5.74) is 3.57. The lowest BCUT2D eigenvalue weighted by Gasteiger charge is -2.32. The molecule has 2 heteroatoms. The van der Waals surface area contributed by atoms with E-state index in [2.05, 4.69) is 54.0 Å². The van der Waals surface area contributed by atoms with Gasteiger partial charge in [-0.25, -0.2) is 4.39 Å². The van der Waals surface area contributed by atoms with Crippen LogP contribution in [0.2, 0.25) is 0 Å². The minimum Gasteiger partial charge on any atom is -0.207 e. The predicted octanol–water partition coefficient (Wildman–Crippen LogP) is 5.42. The molecule has 0 nitrogen and oxygen atoms in total. The van der Waals surface area contributed by atoms with E-state index in [1.54, 1.807) is 6.07 Å². The summed E-state index contributed by atoms with van der Waals surface area (Å²) in [5.74, 6) is -0.154. The smallest absolute Gasteiger partial charge is 0.123 e. The fourth-order valence-electron chi connectivity index (χ4n) is 2.64. The summed E-state index contributed by atoms with van der Waals surface area (Å²) >= 11 is 3.68. The predicted molar refractivity (Wildman–Crippen MR) is 87.0 cm³/mol. The van der Waals surface area contributed by atoms with Crippen LogP contribution < -0.4 is 0 Å². The third-order valence-corrected chi connectivity index (χ3v) is 5.23. The van der Waals surface area contributed by atoms with E-state index in [4.69, 9.17) is 0 Å². The molecule has 0 saturated heterocycles. The second-order valence-corrected chi connectivity index (χ2v) is 5.94. The second kappa shape index (κ2) is 6.53. The Morgan fingerprint density at radius 2 is 1.80 bits per heavy atom. The van der Waals surface area contributed by atoms with Crippen molar-refractivity contribution >= 4 is 15.9 Å². The molecule has 0 spiro atoms. The molecule has 1 atom stereocenters. The van der Waals surface area contributed by atoms with E-state index in [9.17, 15) is 4.39 Å². The van der Waals surface area contributed by atoms with Gasteiger partial charge in [-0.2, -0.15) is 0 Å². The molecule has 2 rings (SSSR count). The van der Waals surface area contributed by atoms with Crippen molar-refractivity contribution in [3.63, 3.8) is 0 Å². The summed E-state index contributed by atoms with van der Waals surface area (Å²) in [6.45, 7) is 4.25. The molecule has 0 aliphatic rings. The topological polar surface area (TPSA) is 0 Å². The number of hydrogen-bond acceptors (Lipinski definition) is 0. The van der Waals surface area contributed by atoms with Crippen molar-refractivity contribution in [1.82, 2.24) is 0 Å². The minimum absolute atomic E-state index is 0.0137. The third-order valence-electron chi connectivity index (χ3n) is 4.16. The Bertz CT molecular complexity index is 559. The van der Waals surface area contributed by atoms with Gasteiger partial charge in [0, 0.05) is 10.7 Å². The summed E-state index contributed by atoms with van der Waals surface area (Å²) in [7, 11) is 0. The van der Waals surface area contributed by atoms with Crippen LogP contribution in [0.15, 0.2) is 48.5 Å². The Morgan fingerprint density at radius 1 is 1.10 bits per heavy atom. The Hall–Kier alpha value is -1.15. The average Bonchev–Trinajstić information content (AvgIpc) is 2.49. The van der Waals surface area contributed by atoms with Crippen LogP contribution in [0.1, 0.15) is 30.0 Å². The molecule has 1 unspecified atom stereocenters. The molecule has 0 amide bonds. The SMILES string of the molecule is CCC(CBr)(Cc1cc(F)ccc1C)c1ccccc1. The Labute approximate surface area is 129 Å². The number of rotatable bonds is 5. The van der Waals surface area contributed by atoms with Crippen LogP contribution in [-0.4, -0.2) is 5.33 Å². The van der Waals surface area contributed by atoms with E-state index in [-0.39, 0.29) is 11.2 Å². The van der Waals surface area contributed by atoms with Gasteiger partial charge in [-0.05, 0) is 48.6 Å². The van der Waals surface area contributed by atoms with Crippen LogP contribution in [-0.2, 0) is 11.8 Å². The molecule has 0 saturated carbocycles. The van der Waals surface area contributed by atoms with Gasteiger partial charge in [-0.1, -0.05) is 59.3 Å². The monoisotopic (exact) mass is 334 g/mol. The number of aryl methyl sites for hydroxylation is 1. The fourth-order valence-corrected chi connectivity index (χ4v) is 3.56. The highest BCUT2D eigenvalue weighted by molar-refractivity contribution is 9.09. The van der Waals surface area contributed by atoms with E-state index in [0.29, 0.717) is 0 Å². The number of hydrogen-bond donors (Lipinski definition) is 0. The molecular weight excluding hydrogens is 315 g/mol. The first kappa shape index (κ1) is 15.2. The molecule has 2 aromatic carbocycles. The second-order valence-electron chi connectivity index (χ2n) is 5.38. The number of halogens is 2. The maximum Gasteiger partial charge on any atom is 0.123 e. The maximum absolute atomic E-state index is 13.5. The molecule has 0 aromatic heterocycles. The van der Waals surface area contributed by atoms with E-state index >= 15 is 0 Å². The highest BCUT2D eigenvalue weighted by Crippen LogP contribution is 2.34. The Balaban J connectivity index is 2.42. The van der Waals surface area contributed by atoms with Crippen molar-refractivity contribution in [2.24, 2.45) is 0 Å². The van der Waals surface area contributed by atoms with Gasteiger partial charge in [0.25, 0.3) is 0 Å². The molecule has 0 aliphatic carbocycles. The van der Waals surface area contributed by atoms with Gasteiger partial charge in [-0.15, -0.1) is 0 Å². The van der Waals surface area contributed by atoms with Crippen molar-refractivity contribution in [3.8, 4) is 0 Å². The molecule has 0 radical (unpaired) electrons. The third kappa shape index (κ3) is 3.12. The molecule has 0 fully saturated rings. The van der Waals surface area contributed by atoms with Crippen molar-refractivity contribution in [2.75, 3.05) is 5.33 Å². The largest absolute Gasteiger partial charge is 0.207 e. The van der Waals surface area contributed by atoms with Crippen LogP contribution >= 0.6 is 15.9 Å². The zero-order valence-corrected chi connectivity index (χ0v) is 13.6. The van der Waals surface area contributed by atoms with Gasteiger partial charge >= 0.3 is 0 Å². The molecule has 2 aromatic rings. The van der Waals surface area contributed by atoms with Crippen LogP contribution in [0, 0.1) is 12.7 Å². The summed E-state index contributed by atoms with van der Waals surface area (Å²) < 4.78 is 13.5.